The van der Waals surface area contributed by atoms with Crippen molar-refractivity contribution in [2.24, 2.45) is 5.92 Å². The number of carboxylic acid groups (broad SMARTS) is 1. The Hall–Kier alpha value is -1.84. The number of nitrogens with one attached hydrogen (secondary N) is 1. The molecule has 1 amide bonds. The molecule has 1 unspecified atom stereocenters. The molecule has 0 saturated heterocycles. The second kappa shape index (κ2) is 5.87. The molecule has 0 aromatic heterocycles. The number of rotatable bonds is 5. The number of carbonyl (C=O) groups excluding carboxylic acids is 1. The van der Waals surface area contributed by atoms with E-state index in [9.17, 15) is 14.7 Å². The van der Waals surface area contributed by atoms with E-state index in [4.69, 9.17) is 0 Å². The Morgan fingerprint density at radius 3 is 2.37 bits per heavy atom. The zero-order chi connectivity index (χ0) is 13.8. The molecular formula is C15H19NO3. The number of hydrogen-bond donors (Lipinski definition) is 2. The maximum Gasteiger partial charge on any atom is 0.326 e. The average Bonchev–Trinajstić information content (AvgIpc) is 2.34. The van der Waals surface area contributed by atoms with Crippen LogP contribution in [-0.4, -0.2) is 23.0 Å². The number of amides is 1. The maximum absolute atomic E-state index is 11.9. The molecule has 0 bridgehead atoms. The Labute approximate surface area is 112 Å². The lowest BCUT2D eigenvalue weighted by Gasteiger charge is -2.28. The minimum Gasteiger partial charge on any atom is -0.480 e. The van der Waals surface area contributed by atoms with Crippen molar-refractivity contribution in [1.29, 1.82) is 0 Å². The van der Waals surface area contributed by atoms with Gasteiger partial charge in [0.15, 0.2) is 0 Å². The highest BCUT2D eigenvalue weighted by molar-refractivity contribution is 5.86. The first-order valence-electron chi connectivity index (χ1n) is 6.67. The van der Waals surface area contributed by atoms with Gasteiger partial charge in [0.05, 0.1) is 0 Å². The van der Waals surface area contributed by atoms with Gasteiger partial charge in [0.25, 0.3) is 0 Å². The van der Waals surface area contributed by atoms with Crippen LogP contribution in [0.5, 0.6) is 0 Å². The summed E-state index contributed by atoms with van der Waals surface area (Å²) in [4.78, 5) is 23.3. The van der Waals surface area contributed by atoms with Gasteiger partial charge in [0.1, 0.15) is 6.04 Å². The van der Waals surface area contributed by atoms with Crippen LogP contribution in [0, 0.1) is 5.92 Å². The van der Waals surface area contributed by atoms with E-state index in [-0.39, 0.29) is 17.7 Å². The van der Waals surface area contributed by atoms with Crippen LogP contribution in [0.3, 0.4) is 0 Å². The molecule has 0 heterocycles. The van der Waals surface area contributed by atoms with Crippen LogP contribution < -0.4 is 5.32 Å². The fraction of sp³-hybridized carbons (Fsp3) is 0.467. The molecule has 2 rings (SSSR count). The fourth-order valence-electron chi connectivity index (χ4n) is 2.29. The molecule has 2 atom stereocenters. The lowest BCUT2D eigenvalue weighted by Crippen LogP contribution is -2.47. The van der Waals surface area contributed by atoms with Gasteiger partial charge < -0.3 is 10.4 Å². The van der Waals surface area contributed by atoms with Gasteiger partial charge in [0, 0.05) is 11.8 Å². The minimum absolute atomic E-state index is 0.00447. The summed E-state index contributed by atoms with van der Waals surface area (Å²) in [5, 5.41) is 12.0. The summed E-state index contributed by atoms with van der Waals surface area (Å²) in [5.74, 6) is -1.35. The molecule has 2 N–H and O–H groups in total. The Morgan fingerprint density at radius 1 is 1.26 bits per heavy atom. The van der Waals surface area contributed by atoms with Gasteiger partial charge in [-0.15, -0.1) is 0 Å². The summed E-state index contributed by atoms with van der Waals surface area (Å²) in [6.45, 7) is 1.83. The molecule has 4 nitrogen and oxygen atoms in total. The summed E-state index contributed by atoms with van der Waals surface area (Å²) in [6, 6.07) is 8.54. The van der Waals surface area contributed by atoms with Crippen LogP contribution in [0.25, 0.3) is 0 Å². The highest BCUT2D eigenvalue weighted by Gasteiger charge is 2.32. The second-order valence-electron chi connectivity index (χ2n) is 5.15. The number of aliphatic carboxylic acids is 1. The molecule has 1 aromatic rings. The molecule has 1 fully saturated rings. The first kappa shape index (κ1) is 13.6. The summed E-state index contributed by atoms with van der Waals surface area (Å²) in [6.07, 6.45) is 2.81. The monoisotopic (exact) mass is 261 g/mol. The van der Waals surface area contributed by atoms with E-state index in [2.05, 4.69) is 5.32 Å². The van der Waals surface area contributed by atoms with Gasteiger partial charge in [-0.05, 0) is 18.4 Å². The number of carboxylic acids is 1. The predicted octanol–water partition coefficient (Wildman–Crippen LogP) is 2.16. The van der Waals surface area contributed by atoms with Gasteiger partial charge in [0.2, 0.25) is 5.91 Å². The normalized spacial score (nSPS) is 18.2. The van der Waals surface area contributed by atoms with Crippen LogP contribution in [0.2, 0.25) is 0 Å². The van der Waals surface area contributed by atoms with Gasteiger partial charge in [-0.3, -0.25) is 4.79 Å². The Kier molecular flexibility index (Phi) is 4.20. The molecule has 0 spiro atoms. The van der Waals surface area contributed by atoms with E-state index < -0.39 is 12.0 Å². The maximum atomic E-state index is 11.9. The molecule has 1 aromatic carbocycles. The largest absolute Gasteiger partial charge is 0.480 e. The number of benzene rings is 1. The first-order chi connectivity index (χ1) is 9.09. The third-order valence-corrected chi connectivity index (χ3v) is 3.87. The van der Waals surface area contributed by atoms with Crippen LogP contribution in [0.1, 0.15) is 37.7 Å². The van der Waals surface area contributed by atoms with Crippen molar-refractivity contribution < 1.29 is 14.7 Å². The molecule has 0 aliphatic heterocycles. The van der Waals surface area contributed by atoms with Crippen LogP contribution in [0.4, 0.5) is 0 Å². The van der Waals surface area contributed by atoms with Crippen molar-refractivity contribution >= 4 is 11.9 Å². The zero-order valence-corrected chi connectivity index (χ0v) is 11.0. The highest BCUT2D eigenvalue weighted by Crippen LogP contribution is 2.27. The van der Waals surface area contributed by atoms with Crippen molar-refractivity contribution in [1.82, 2.24) is 5.32 Å². The van der Waals surface area contributed by atoms with Crippen molar-refractivity contribution in [3.05, 3.63) is 35.9 Å². The van der Waals surface area contributed by atoms with E-state index in [0.29, 0.717) is 0 Å². The minimum atomic E-state index is -0.982. The lowest BCUT2D eigenvalue weighted by atomic mass is 9.84. The number of hydrogen-bond acceptors (Lipinski definition) is 2. The quantitative estimate of drug-likeness (QED) is 0.853. The second-order valence-corrected chi connectivity index (χ2v) is 5.15. The molecule has 102 valence electrons. The van der Waals surface area contributed by atoms with Crippen molar-refractivity contribution in [2.75, 3.05) is 0 Å². The zero-order valence-electron chi connectivity index (χ0n) is 11.0. The summed E-state index contributed by atoms with van der Waals surface area (Å²) < 4.78 is 0. The summed E-state index contributed by atoms with van der Waals surface area (Å²) in [7, 11) is 0. The molecule has 4 heteroatoms. The van der Waals surface area contributed by atoms with Gasteiger partial charge >= 0.3 is 5.97 Å². The highest BCUT2D eigenvalue weighted by atomic mass is 16.4. The summed E-state index contributed by atoms with van der Waals surface area (Å²) >= 11 is 0. The molecule has 19 heavy (non-hydrogen) atoms. The average molecular weight is 261 g/mol. The smallest absolute Gasteiger partial charge is 0.326 e. The Balaban J connectivity index is 2.07. The van der Waals surface area contributed by atoms with E-state index in [1.165, 1.54) is 0 Å². The molecule has 1 aliphatic rings. The van der Waals surface area contributed by atoms with E-state index in [1.807, 2.05) is 37.3 Å². The van der Waals surface area contributed by atoms with Gasteiger partial charge in [-0.1, -0.05) is 43.7 Å². The first-order valence-corrected chi connectivity index (χ1v) is 6.67. The molecule has 0 radical (unpaired) electrons. The Morgan fingerprint density at radius 2 is 1.89 bits per heavy atom. The van der Waals surface area contributed by atoms with Gasteiger partial charge in [-0.25, -0.2) is 4.79 Å². The standard InChI is InChI=1S/C15H19NO3/c1-10(11-6-3-2-4-7-11)13(15(18)19)16-14(17)12-8-5-9-12/h2-4,6-7,10,12-13H,5,8-9H2,1H3,(H,16,17)(H,18,19)/t10?,13-/m0/s1. The Bertz CT molecular complexity index is 454. The van der Waals surface area contributed by atoms with E-state index in [0.717, 1.165) is 24.8 Å². The molecular weight excluding hydrogens is 242 g/mol. The van der Waals surface area contributed by atoms with Crippen LogP contribution in [-0.2, 0) is 9.59 Å². The van der Waals surface area contributed by atoms with Crippen LogP contribution in [0.15, 0.2) is 30.3 Å². The third-order valence-electron chi connectivity index (χ3n) is 3.87. The molecule has 1 aliphatic carbocycles. The topological polar surface area (TPSA) is 66.4 Å². The number of carbonyl (C=O) groups is 2. The van der Waals surface area contributed by atoms with Crippen molar-refractivity contribution in [2.45, 2.75) is 38.1 Å². The SMILES string of the molecule is CC(c1ccccc1)[C@H](NC(=O)C1CCC1)C(=O)O. The van der Waals surface area contributed by atoms with Crippen molar-refractivity contribution in [3.8, 4) is 0 Å². The third kappa shape index (κ3) is 3.13. The van der Waals surface area contributed by atoms with E-state index >= 15 is 0 Å². The summed E-state index contributed by atoms with van der Waals surface area (Å²) in [5.41, 5.74) is 0.920. The lowest BCUT2D eigenvalue weighted by molar-refractivity contribution is -0.143. The van der Waals surface area contributed by atoms with Crippen molar-refractivity contribution in [3.63, 3.8) is 0 Å². The predicted molar refractivity (Wildman–Crippen MR) is 71.8 cm³/mol. The fourth-order valence-corrected chi connectivity index (χ4v) is 2.29. The van der Waals surface area contributed by atoms with E-state index in [1.54, 1.807) is 0 Å². The van der Waals surface area contributed by atoms with Gasteiger partial charge in [-0.2, -0.15) is 0 Å². The van der Waals surface area contributed by atoms with Crippen LogP contribution >= 0.6 is 0 Å². The molecule has 1 saturated carbocycles.